The van der Waals surface area contributed by atoms with Crippen LogP contribution in [0.3, 0.4) is 0 Å². The van der Waals surface area contributed by atoms with Crippen LogP contribution >= 0.6 is 0 Å². The van der Waals surface area contributed by atoms with Crippen molar-refractivity contribution in [3.8, 4) is 0 Å². The van der Waals surface area contributed by atoms with Crippen molar-refractivity contribution in [1.82, 2.24) is 30.0 Å². The molecule has 0 aromatic carbocycles. The van der Waals surface area contributed by atoms with Gasteiger partial charge in [0.15, 0.2) is 5.82 Å². The van der Waals surface area contributed by atoms with E-state index in [9.17, 15) is 9.59 Å². The molecule has 4 rings (SSSR count). The van der Waals surface area contributed by atoms with E-state index in [2.05, 4.69) is 20.5 Å². The van der Waals surface area contributed by atoms with Crippen molar-refractivity contribution in [2.24, 2.45) is 5.92 Å². The Labute approximate surface area is 186 Å². The third kappa shape index (κ3) is 4.28. The van der Waals surface area contributed by atoms with Crippen LogP contribution in [0.4, 0.5) is 0 Å². The van der Waals surface area contributed by atoms with Crippen molar-refractivity contribution >= 4 is 11.8 Å². The number of nitrogens with one attached hydrogen (secondary N) is 1. The first-order valence-electron chi connectivity index (χ1n) is 10.8. The molecule has 9 nitrogen and oxygen atoms in total. The highest BCUT2D eigenvalue weighted by Gasteiger charge is 2.29. The number of nitrogens with zero attached hydrogens (tertiary/aromatic N) is 5. The molecule has 0 saturated heterocycles. The Hall–Kier alpha value is -3.49. The van der Waals surface area contributed by atoms with E-state index >= 15 is 0 Å². The first kappa shape index (κ1) is 21.7. The standard InChI is InChI=1S/C23H28N6O3/c1-14(2)20(25-22(30)18-7-5-6-9-24-18)21-27-26-19-8-10-28(11-12-29(19)21)23(31)17-13-15(3)32-16(17)4/h5-7,9,13-14,20H,8,10-12H2,1-4H3,(H,25,30). The largest absolute Gasteiger partial charge is 0.466 e. The maximum absolute atomic E-state index is 13.0. The Morgan fingerprint density at radius 3 is 2.59 bits per heavy atom. The number of furan rings is 1. The lowest BCUT2D eigenvalue weighted by atomic mass is 10.0. The Morgan fingerprint density at radius 2 is 1.94 bits per heavy atom. The molecule has 0 bridgehead atoms. The van der Waals surface area contributed by atoms with Gasteiger partial charge in [-0.15, -0.1) is 10.2 Å². The van der Waals surface area contributed by atoms with Crippen LogP contribution in [0.5, 0.6) is 0 Å². The molecule has 0 spiro atoms. The summed E-state index contributed by atoms with van der Waals surface area (Å²) in [6, 6.07) is 6.70. The summed E-state index contributed by atoms with van der Waals surface area (Å²) in [7, 11) is 0. The quantitative estimate of drug-likeness (QED) is 0.659. The van der Waals surface area contributed by atoms with Gasteiger partial charge in [0.1, 0.15) is 23.0 Å². The maximum atomic E-state index is 13.0. The lowest BCUT2D eigenvalue weighted by Crippen LogP contribution is -2.36. The van der Waals surface area contributed by atoms with Gasteiger partial charge in [-0.1, -0.05) is 19.9 Å². The van der Waals surface area contributed by atoms with Crippen molar-refractivity contribution in [3.63, 3.8) is 0 Å². The van der Waals surface area contributed by atoms with E-state index < -0.39 is 0 Å². The molecule has 168 valence electrons. The van der Waals surface area contributed by atoms with E-state index in [4.69, 9.17) is 4.42 Å². The second-order valence-corrected chi connectivity index (χ2v) is 8.41. The molecule has 1 aliphatic rings. The monoisotopic (exact) mass is 436 g/mol. The fourth-order valence-electron chi connectivity index (χ4n) is 4.03. The van der Waals surface area contributed by atoms with Crippen LogP contribution in [0.1, 0.15) is 63.9 Å². The van der Waals surface area contributed by atoms with Crippen LogP contribution in [0.2, 0.25) is 0 Å². The molecule has 3 aromatic rings. The number of rotatable bonds is 5. The number of carbonyl (C=O) groups excluding carboxylic acids is 2. The summed E-state index contributed by atoms with van der Waals surface area (Å²) < 4.78 is 7.57. The molecule has 0 aliphatic carbocycles. The van der Waals surface area contributed by atoms with E-state index in [1.54, 1.807) is 30.5 Å². The molecule has 0 fully saturated rings. The zero-order valence-corrected chi connectivity index (χ0v) is 18.8. The van der Waals surface area contributed by atoms with Gasteiger partial charge in [-0.25, -0.2) is 0 Å². The van der Waals surface area contributed by atoms with Crippen LogP contribution in [0.15, 0.2) is 34.9 Å². The Balaban J connectivity index is 1.53. The second-order valence-electron chi connectivity index (χ2n) is 8.41. The smallest absolute Gasteiger partial charge is 0.270 e. The van der Waals surface area contributed by atoms with E-state index in [0.29, 0.717) is 48.9 Å². The fraction of sp³-hybridized carbons (Fsp3) is 0.435. The normalized spacial score (nSPS) is 14.7. The molecule has 1 atom stereocenters. The molecule has 4 heterocycles. The molecular weight excluding hydrogens is 408 g/mol. The summed E-state index contributed by atoms with van der Waals surface area (Å²) in [4.78, 5) is 31.7. The van der Waals surface area contributed by atoms with Crippen LogP contribution < -0.4 is 5.32 Å². The molecule has 1 N–H and O–H groups in total. The zero-order chi connectivity index (χ0) is 22.8. The second kappa shape index (κ2) is 8.94. The van der Waals surface area contributed by atoms with E-state index in [-0.39, 0.29) is 23.8 Å². The predicted octanol–water partition coefficient (Wildman–Crippen LogP) is 2.71. The van der Waals surface area contributed by atoms with E-state index in [1.807, 2.05) is 37.2 Å². The molecule has 3 aromatic heterocycles. The van der Waals surface area contributed by atoms with Gasteiger partial charge in [0.25, 0.3) is 11.8 Å². The van der Waals surface area contributed by atoms with E-state index in [1.165, 1.54) is 0 Å². The van der Waals surface area contributed by atoms with Gasteiger partial charge in [-0.2, -0.15) is 0 Å². The minimum Gasteiger partial charge on any atom is -0.466 e. The van der Waals surface area contributed by atoms with Crippen LogP contribution in [0.25, 0.3) is 0 Å². The Morgan fingerprint density at radius 1 is 1.12 bits per heavy atom. The van der Waals surface area contributed by atoms with Gasteiger partial charge < -0.3 is 19.2 Å². The highest BCUT2D eigenvalue weighted by molar-refractivity contribution is 5.95. The molecule has 0 radical (unpaired) electrons. The summed E-state index contributed by atoms with van der Waals surface area (Å²) in [5.41, 5.74) is 0.958. The maximum Gasteiger partial charge on any atom is 0.270 e. The lowest BCUT2D eigenvalue weighted by molar-refractivity contribution is 0.0756. The van der Waals surface area contributed by atoms with Gasteiger partial charge in [0, 0.05) is 32.3 Å². The third-order valence-electron chi connectivity index (χ3n) is 5.74. The number of carbonyl (C=O) groups is 2. The number of fused-ring (bicyclic) bond motifs is 1. The van der Waals surface area contributed by atoms with Gasteiger partial charge in [0.05, 0.1) is 11.6 Å². The summed E-state index contributed by atoms with van der Waals surface area (Å²) in [5.74, 6) is 2.67. The lowest BCUT2D eigenvalue weighted by Gasteiger charge is -2.23. The Kier molecular flexibility index (Phi) is 6.07. The Bertz CT molecular complexity index is 1120. The molecule has 2 amide bonds. The number of hydrogen-bond acceptors (Lipinski definition) is 6. The number of aryl methyl sites for hydroxylation is 2. The van der Waals surface area contributed by atoms with Gasteiger partial charge >= 0.3 is 0 Å². The van der Waals surface area contributed by atoms with Crippen LogP contribution in [-0.2, 0) is 13.0 Å². The average molecular weight is 437 g/mol. The van der Waals surface area contributed by atoms with Gasteiger partial charge in [-0.05, 0) is 38.0 Å². The number of hydrogen-bond donors (Lipinski definition) is 1. The van der Waals surface area contributed by atoms with Crippen molar-refractivity contribution in [2.75, 3.05) is 13.1 Å². The minimum atomic E-state index is -0.327. The van der Waals surface area contributed by atoms with Crippen molar-refractivity contribution < 1.29 is 14.0 Å². The van der Waals surface area contributed by atoms with Crippen molar-refractivity contribution in [2.45, 2.75) is 46.7 Å². The van der Waals surface area contributed by atoms with Gasteiger partial charge in [0.2, 0.25) is 0 Å². The van der Waals surface area contributed by atoms with Crippen LogP contribution in [-0.4, -0.2) is 49.6 Å². The van der Waals surface area contributed by atoms with Gasteiger partial charge in [-0.3, -0.25) is 14.6 Å². The number of amides is 2. The predicted molar refractivity (Wildman–Crippen MR) is 117 cm³/mol. The first-order chi connectivity index (χ1) is 15.3. The highest BCUT2D eigenvalue weighted by Crippen LogP contribution is 2.24. The molecule has 32 heavy (non-hydrogen) atoms. The van der Waals surface area contributed by atoms with E-state index in [0.717, 1.165) is 11.6 Å². The number of aromatic nitrogens is 4. The zero-order valence-electron chi connectivity index (χ0n) is 18.8. The molecule has 1 aliphatic heterocycles. The summed E-state index contributed by atoms with van der Waals surface area (Å²) in [5, 5.41) is 11.8. The summed E-state index contributed by atoms with van der Waals surface area (Å²) in [6.45, 7) is 9.34. The summed E-state index contributed by atoms with van der Waals surface area (Å²) in [6.07, 6.45) is 2.19. The van der Waals surface area contributed by atoms with Crippen molar-refractivity contribution in [1.29, 1.82) is 0 Å². The number of pyridine rings is 1. The topological polar surface area (TPSA) is 106 Å². The highest BCUT2D eigenvalue weighted by atomic mass is 16.3. The SMILES string of the molecule is Cc1cc(C(=O)N2CCc3nnc(C(NC(=O)c4ccccn4)C(C)C)n3CC2)c(C)o1. The molecule has 0 saturated carbocycles. The fourth-order valence-corrected chi connectivity index (χ4v) is 4.03. The average Bonchev–Trinajstić information content (AvgIpc) is 3.26. The minimum absolute atomic E-state index is 0.0384. The molecule has 9 heteroatoms. The third-order valence-corrected chi connectivity index (χ3v) is 5.74. The summed E-state index contributed by atoms with van der Waals surface area (Å²) >= 11 is 0. The van der Waals surface area contributed by atoms with Crippen molar-refractivity contribution in [3.05, 3.63) is 64.9 Å². The molecular formula is C23H28N6O3. The molecule has 1 unspecified atom stereocenters. The first-order valence-corrected chi connectivity index (χ1v) is 10.8. The van der Waals surface area contributed by atoms with Crippen LogP contribution in [0, 0.1) is 19.8 Å².